The van der Waals surface area contributed by atoms with E-state index < -0.39 is 0 Å². The van der Waals surface area contributed by atoms with Crippen LogP contribution in [0.1, 0.15) is 32.1 Å². The molecule has 2 nitrogen and oxygen atoms in total. The van der Waals surface area contributed by atoms with Gasteiger partial charge in [-0.3, -0.25) is 4.79 Å². The Balaban J connectivity index is 2.61. The van der Waals surface area contributed by atoms with Crippen LogP contribution in [0.3, 0.4) is 0 Å². The Morgan fingerprint density at radius 1 is 1.20 bits per heavy atom. The molecule has 0 aromatic rings. The summed E-state index contributed by atoms with van der Waals surface area (Å²) in [6.45, 7) is 0. The smallest absolute Gasteiger partial charge is 0.157 e. The molecule has 0 heterocycles. The van der Waals surface area contributed by atoms with Crippen LogP contribution >= 0.6 is 0 Å². The van der Waals surface area contributed by atoms with E-state index in [1.54, 1.807) is 0 Å². The zero-order valence-corrected chi connectivity index (χ0v) is 5.93. The average Bonchev–Trinajstić information content (AvgIpc) is 2.13. The van der Waals surface area contributed by atoms with E-state index in [1.165, 1.54) is 0 Å². The standard InChI is InChI=1S/C8H12O2/c9-6-7-4-2-1-3-5-8(7)10/h6,9H,1-5H2/p-1. The molecule has 0 spiro atoms. The molecule has 0 bridgehead atoms. The van der Waals surface area contributed by atoms with Crippen LogP contribution in [0.4, 0.5) is 0 Å². The topological polar surface area (TPSA) is 40.1 Å². The first-order valence-corrected chi connectivity index (χ1v) is 3.69. The third kappa shape index (κ3) is 1.59. The molecular weight excluding hydrogens is 128 g/mol. The summed E-state index contributed by atoms with van der Waals surface area (Å²) in [6.07, 6.45) is 5.03. The molecule has 1 rings (SSSR count). The minimum atomic E-state index is 0.0625. The monoisotopic (exact) mass is 139 g/mol. The number of Topliss-reactive ketones (excluding diaryl/α,β-unsaturated/α-hetero) is 1. The zero-order valence-electron chi connectivity index (χ0n) is 5.93. The van der Waals surface area contributed by atoms with Gasteiger partial charge in [-0.25, -0.2) is 0 Å². The molecule has 0 aromatic carbocycles. The third-order valence-corrected chi connectivity index (χ3v) is 1.85. The first kappa shape index (κ1) is 7.32. The SMILES string of the molecule is O=C1CCCCCC1=C[O-]. The molecule has 0 amide bonds. The average molecular weight is 139 g/mol. The molecule has 10 heavy (non-hydrogen) atoms. The maximum Gasteiger partial charge on any atom is 0.157 e. The fourth-order valence-electron chi connectivity index (χ4n) is 1.20. The number of allylic oxidation sites excluding steroid dienone is 1. The lowest BCUT2D eigenvalue weighted by Crippen LogP contribution is -2.03. The first-order valence-electron chi connectivity index (χ1n) is 3.69. The molecule has 0 aliphatic heterocycles. The largest absolute Gasteiger partial charge is 0.878 e. The van der Waals surface area contributed by atoms with Crippen molar-refractivity contribution in [2.45, 2.75) is 32.1 Å². The second-order valence-electron chi connectivity index (χ2n) is 2.63. The van der Waals surface area contributed by atoms with Gasteiger partial charge in [0.2, 0.25) is 0 Å². The highest BCUT2D eigenvalue weighted by Crippen LogP contribution is 2.17. The van der Waals surface area contributed by atoms with Gasteiger partial charge in [-0.1, -0.05) is 6.42 Å². The summed E-state index contributed by atoms with van der Waals surface area (Å²) in [7, 11) is 0. The van der Waals surface area contributed by atoms with E-state index in [0.717, 1.165) is 19.3 Å². The van der Waals surface area contributed by atoms with Gasteiger partial charge >= 0.3 is 0 Å². The summed E-state index contributed by atoms with van der Waals surface area (Å²) < 4.78 is 0. The van der Waals surface area contributed by atoms with E-state index >= 15 is 0 Å². The molecule has 56 valence electrons. The molecule has 2 heteroatoms. The maximum atomic E-state index is 11.0. The van der Waals surface area contributed by atoms with E-state index in [9.17, 15) is 9.90 Å². The van der Waals surface area contributed by atoms with Crippen LogP contribution < -0.4 is 5.11 Å². The second-order valence-corrected chi connectivity index (χ2v) is 2.63. The van der Waals surface area contributed by atoms with Crippen molar-refractivity contribution in [3.8, 4) is 0 Å². The first-order chi connectivity index (χ1) is 4.84. The third-order valence-electron chi connectivity index (χ3n) is 1.85. The Hall–Kier alpha value is -0.790. The van der Waals surface area contributed by atoms with Gasteiger partial charge in [-0.15, -0.1) is 6.26 Å². The lowest BCUT2D eigenvalue weighted by Gasteiger charge is -2.02. The van der Waals surface area contributed by atoms with Gasteiger partial charge < -0.3 is 5.11 Å². The second kappa shape index (κ2) is 3.40. The minimum Gasteiger partial charge on any atom is -0.878 e. The molecule has 1 aliphatic carbocycles. The Labute approximate surface area is 60.6 Å². The number of hydrogen-bond donors (Lipinski definition) is 0. The van der Waals surface area contributed by atoms with Gasteiger partial charge in [0.15, 0.2) is 5.78 Å². The van der Waals surface area contributed by atoms with Gasteiger partial charge in [0.05, 0.1) is 0 Å². The van der Waals surface area contributed by atoms with Crippen molar-refractivity contribution in [1.29, 1.82) is 0 Å². The molecule has 0 atom stereocenters. The van der Waals surface area contributed by atoms with E-state index in [0.29, 0.717) is 24.7 Å². The lowest BCUT2D eigenvalue weighted by molar-refractivity contribution is -0.276. The number of ketones is 1. The lowest BCUT2D eigenvalue weighted by atomic mass is 10.1. The van der Waals surface area contributed by atoms with E-state index in [2.05, 4.69) is 0 Å². The predicted molar refractivity (Wildman–Crippen MR) is 36.2 cm³/mol. The number of carbonyl (C=O) groups excluding carboxylic acids is 1. The van der Waals surface area contributed by atoms with Gasteiger partial charge in [0, 0.05) is 6.42 Å². The van der Waals surface area contributed by atoms with Crippen LogP contribution in [0.25, 0.3) is 0 Å². The highest BCUT2D eigenvalue weighted by atomic mass is 16.2. The van der Waals surface area contributed by atoms with E-state index in [1.807, 2.05) is 0 Å². The van der Waals surface area contributed by atoms with Crippen LogP contribution in [0.5, 0.6) is 0 Å². The van der Waals surface area contributed by atoms with Crippen LogP contribution in [0.15, 0.2) is 11.8 Å². The van der Waals surface area contributed by atoms with Gasteiger partial charge in [0.1, 0.15) is 0 Å². The van der Waals surface area contributed by atoms with Crippen molar-refractivity contribution < 1.29 is 9.90 Å². The van der Waals surface area contributed by atoms with E-state index in [4.69, 9.17) is 0 Å². The summed E-state index contributed by atoms with van der Waals surface area (Å²) >= 11 is 0. The van der Waals surface area contributed by atoms with Gasteiger partial charge in [-0.05, 0) is 24.8 Å². The summed E-state index contributed by atoms with van der Waals surface area (Å²) in [4.78, 5) is 11.0. The fraction of sp³-hybridized carbons (Fsp3) is 0.625. The fourth-order valence-corrected chi connectivity index (χ4v) is 1.20. The van der Waals surface area contributed by atoms with Crippen molar-refractivity contribution in [2.75, 3.05) is 0 Å². The Bertz CT molecular complexity index is 159. The van der Waals surface area contributed by atoms with Crippen molar-refractivity contribution >= 4 is 5.78 Å². The van der Waals surface area contributed by atoms with Crippen LogP contribution in [0.2, 0.25) is 0 Å². The molecule has 0 unspecified atom stereocenters. The number of hydrogen-bond acceptors (Lipinski definition) is 2. The molecule has 0 radical (unpaired) electrons. The summed E-state index contributed by atoms with van der Waals surface area (Å²) in [5.74, 6) is 0.0625. The zero-order chi connectivity index (χ0) is 7.40. The van der Waals surface area contributed by atoms with E-state index in [-0.39, 0.29) is 5.78 Å². The summed E-state index contributed by atoms with van der Waals surface area (Å²) in [5.41, 5.74) is 0.498. The summed E-state index contributed by atoms with van der Waals surface area (Å²) in [5, 5.41) is 10.3. The van der Waals surface area contributed by atoms with Crippen LogP contribution in [-0.4, -0.2) is 5.78 Å². The molecule has 1 fully saturated rings. The van der Waals surface area contributed by atoms with Gasteiger partial charge in [-0.2, -0.15) is 0 Å². The van der Waals surface area contributed by atoms with Crippen molar-refractivity contribution in [3.63, 3.8) is 0 Å². The molecular formula is C8H11O2-. The quantitative estimate of drug-likeness (QED) is 0.282. The molecule has 0 saturated heterocycles. The van der Waals surface area contributed by atoms with Crippen LogP contribution in [0, 0.1) is 0 Å². The normalized spacial score (nSPS) is 24.8. The Morgan fingerprint density at radius 3 is 2.60 bits per heavy atom. The van der Waals surface area contributed by atoms with Crippen LogP contribution in [-0.2, 0) is 4.79 Å². The van der Waals surface area contributed by atoms with Crippen molar-refractivity contribution in [2.24, 2.45) is 0 Å². The summed E-state index contributed by atoms with van der Waals surface area (Å²) in [6, 6.07) is 0. The number of carbonyl (C=O) groups is 1. The predicted octanol–water partition coefficient (Wildman–Crippen LogP) is 0.764. The Morgan fingerprint density at radius 2 is 1.90 bits per heavy atom. The molecule has 0 N–H and O–H groups in total. The molecule has 1 saturated carbocycles. The molecule has 1 aliphatic rings. The van der Waals surface area contributed by atoms with Crippen molar-refractivity contribution in [3.05, 3.63) is 11.8 Å². The molecule has 0 aromatic heterocycles. The van der Waals surface area contributed by atoms with Crippen molar-refractivity contribution in [1.82, 2.24) is 0 Å². The number of rotatable bonds is 0. The Kier molecular flexibility index (Phi) is 2.49. The maximum absolute atomic E-state index is 11.0. The highest BCUT2D eigenvalue weighted by Gasteiger charge is 2.10. The minimum absolute atomic E-state index is 0.0625. The van der Waals surface area contributed by atoms with Gasteiger partial charge in [0.25, 0.3) is 0 Å². The highest BCUT2D eigenvalue weighted by molar-refractivity contribution is 5.95.